The van der Waals surface area contributed by atoms with Crippen molar-refractivity contribution in [1.29, 1.82) is 0 Å². The third-order valence-electron chi connectivity index (χ3n) is 6.59. The number of aromatic amines is 2. The molecule has 0 spiro atoms. The van der Waals surface area contributed by atoms with Crippen molar-refractivity contribution in [2.24, 2.45) is 0 Å². The Morgan fingerprint density at radius 1 is 0.793 bits per heavy atom. The molecule has 0 amide bonds. The van der Waals surface area contributed by atoms with Crippen LogP contribution in [0.5, 0.6) is 5.75 Å². The van der Waals surface area contributed by atoms with E-state index in [4.69, 9.17) is 0 Å². The highest BCUT2D eigenvalue weighted by atomic mass is 16.3. The molecule has 29 heavy (non-hydrogen) atoms. The lowest BCUT2D eigenvalue weighted by Gasteiger charge is -2.28. The average molecular weight is 399 g/mol. The van der Waals surface area contributed by atoms with Crippen LogP contribution in [-0.2, 0) is 6.54 Å². The molecule has 0 radical (unpaired) electrons. The molecule has 0 saturated heterocycles. The first kappa shape index (κ1) is 19.7. The number of aromatic nitrogens is 3. The molecule has 2 aliphatic carbocycles. The van der Waals surface area contributed by atoms with E-state index < -0.39 is 17.1 Å². The van der Waals surface area contributed by atoms with Gasteiger partial charge in [-0.3, -0.25) is 9.97 Å². The summed E-state index contributed by atoms with van der Waals surface area (Å²) < 4.78 is 1.00. The quantitative estimate of drug-likeness (QED) is 0.734. The molecule has 7 heteroatoms. The van der Waals surface area contributed by atoms with Gasteiger partial charge >= 0.3 is 17.1 Å². The molecule has 0 aliphatic heterocycles. The summed E-state index contributed by atoms with van der Waals surface area (Å²) in [5, 5.41) is 11.1. The predicted molar refractivity (Wildman–Crippen MR) is 111 cm³/mol. The second-order valence-corrected chi connectivity index (χ2v) is 8.57. The zero-order chi connectivity index (χ0) is 20.4. The van der Waals surface area contributed by atoms with Crippen LogP contribution in [0.25, 0.3) is 0 Å². The van der Waals surface area contributed by atoms with Gasteiger partial charge in [0.2, 0.25) is 0 Å². The van der Waals surface area contributed by atoms with Gasteiger partial charge in [-0.2, -0.15) is 0 Å². The fraction of sp³-hybridized carbons (Fsp3) is 0.591. The first-order chi connectivity index (χ1) is 14.0. The molecule has 2 saturated carbocycles. The maximum absolute atomic E-state index is 12.1. The summed E-state index contributed by atoms with van der Waals surface area (Å²) in [6.07, 6.45) is 11.3. The van der Waals surface area contributed by atoms with Crippen molar-refractivity contribution >= 4 is 0 Å². The summed E-state index contributed by atoms with van der Waals surface area (Å²) in [4.78, 5) is 39.8. The third kappa shape index (κ3) is 4.23. The molecule has 0 unspecified atom stereocenters. The molecular formula is C22H29N3O4. The topological polar surface area (TPSA) is 108 Å². The molecular weight excluding hydrogens is 370 g/mol. The summed E-state index contributed by atoms with van der Waals surface area (Å²) >= 11 is 0. The second-order valence-electron chi connectivity index (χ2n) is 8.57. The van der Waals surface area contributed by atoms with E-state index in [1.54, 1.807) is 0 Å². The molecule has 4 rings (SSSR count). The van der Waals surface area contributed by atoms with E-state index >= 15 is 0 Å². The number of nitrogens with one attached hydrogen (secondary N) is 2. The lowest BCUT2D eigenvalue weighted by atomic mass is 9.78. The Labute approximate surface area is 168 Å². The van der Waals surface area contributed by atoms with Crippen molar-refractivity contribution in [2.45, 2.75) is 82.6 Å². The molecule has 3 N–H and O–H groups in total. The highest BCUT2D eigenvalue weighted by Crippen LogP contribution is 2.44. The first-order valence-electron chi connectivity index (χ1n) is 10.8. The minimum atomic E-state index is -0.798. The number of aromatic hydroxyl groups is 1. The number of phenols is 1. The van der Waals surface area contributed by atoms with Gasteiger partial charge in [0.15, 0.2) is 0 Å². The molecule has 1 aromatic heterocycles. The Morgan fingerprint density at radius 2 is 1.24 bits per heavy atom. The largest absolute Gasteiger partial charge is 0.507 e. The van der Waals surface area contributed by atoms with Gasteiger partial charge in [0.05, 0.1) is 6.54 Å². The lowest BCUT2D eigenvalue weighted by molar-refractivity contribution is 0.392. The van der Waals surface area contributed by atoms with Gasteiger partial charge in [0, 0.05) is 0 Å². The molecule has 156 valence electrons. The summed E-state index contributed by atoms with van der Waals surface area (Å²) in [5.74, 6) is 1.04. The van der Waals surface area contributed by atoms with Crippen molar-refractivity contribution in [3.63, 3.8) is 0 Å². The van der Waals surface area contributed by atoms with E-state index in [9.17, 15) is 19.5 Å². The van der Waals surface area contributed by atoms with Gasteiger partial charge in [0.1, 0.15) is 5.75 Å². The average Bonchev–Trinajstić information content (AvgIpc) is 2.73. The Kier molecular flexibility index (Phi) is 5.74. The van der Waals surface area contributed by atoms with Gasteiger partial charge in [-0.1, -0.05) is 50.7 Å². The van der Waals surface area contributed by atoms with Gasteiger partial charge in [-0.15, -0.1) is 0 Å². The van der Waals surface area contributed by atoms with Crippen LogP contribution in [0.15, 0.2) is 26.5 Å². The molecule has 2 aromatic rings. The molecule has 2 aliphatic rings. The molecule has 0 bridgehead atoms. The van der Waals surface area contributed by atoms with Crippen LogP contribution in [-0.4, -0.2) is 19.6 Å². The fourth-order valence-corrected chi connectivity index (χ4v) is 5.06. The van der Waals surface area contributed by atoms with Crippen LogP contribution in [0.1, 0.15) is 92.7 Å². The number of H-pyrrole nitrogens is 2. The van der Waals surface area contributed by atoms with Crippen LogP contribution < -0.4 is 17.1 Å². The zero-order valence-corrected chi connectivity index (χ0v) is 16.7. The summed E-state index contributed by atoms with van der Waals surface area (Å²) in [5.41, 5.74) is 0.500. The Morgan fingerprint density at radius 3 is 1.69 bits per heavy atom. The smallest absolute Gasteiger partial charge is 0.333 e. The molecule has 0 atom stereocenters. The van der Waals surface area contributed by atoms with E-state index in [2.05, 4.69) is 9.97 Å². The summed E-state index contributed by atoms with van der Waals surface area (Å²) in [7, 11) is 0. The molecule has 1 aromatic carbocycles. The molecule has 1 heterocycles. The Bertz CT molecular complexity index is 964. The fourth-order valence-electron chi connectivity index (χ4n) is 5.06. The van der Waals surface area contributed by atoms with Crippen molar-refractivity contribution in [3.8, 4) is 5.75 Å². The Balaban J connectivity index is 1.77. The molecule has 7 nitrogen and oxygen atoms in total. The van der Waals surface area contributed by atoms with E-state index in [-0.39, 0.29) is 6.54 Å². The monoisotopic (exact) mass is 399 g/mol. The van der Waals surface area contributed by atoms with Gasteiger partial charge in [0.25, 0.3) is 0 Å². The summed E-state index contributed by atoms with van der Waals surface area (Å²) in [6.45, 7) is 0.0741. The first-order valence-corrected chi connectivity index (χ1v) is 10.8. The van der Waals surface area contributed by atoms with Gasteiger partial charge < -0.3 is 5.11 Å². The van der Waals surface area contributed by atoms with Crippen molar-refractivity contribution < 1.29 is 5.11 Å². The van der Waals surface area contributed by atoms with Gasteiger partial charge in [-0.05, 0) is 54.2 Å². The predicted octanol–water partition coefficient (Wildman–Crippen LogP) is 3.07. The Hall–Kier alpha value is -2.57. The highest BCUT2D eigenvalue weighted by Gasteiger charge is 2.25. The standard InChI is InChI=1S/C22H29N3O4/c26-19-17(15-7-3-1-4-8-15)11-14(12-18(19)16-9-5-2-6-10-16)13-25-21(28)23-20(27)24-22(25)29/h11-12,15-16,26H,1-10,13H2,(H2,23,24,27,28,29). The second kappa shape index (κ2) is 8.43. The maximum atomic E-state index is 12.1. The third-order valence-corrected chi connectivity index (χ3v) is 6.59. The minimum Gasteiger partial charge on any atom is -0.507 e. The number of benzene rings is 1. The van der Waals surface area contributed by atoms with Crippen LogP contribution in [0.3, 0.4) is 0 Å². The number of nitrogens with zero attached hydrogens (tertiary/aromatic N) is 1. The molecule has 2 fully saturated rings. The summed E-state index contributed by atoms with van der Waals surface area (Å²) in [6, 6.07) is 3.91. The zero-order valence-electron chi connectivity index (χ0n) is 16.7. The maximum Gasteiger partial charge on any atom is 0.333 e. The lowest BCUT2D eigenvalue weighted by Crippen LogP contribution is -2.43. The SMILES string of the molecule is O=c1[nH]c(=O)n(Cc2cc(C3CCCCC3)c(O)c(C3CCCCC3)c2)c(=O)[nH]1. The van der Waals surface area contributed by atoms with Crippen LogP contribution in [0.4, 0.5) is 0 Å². The number of hydrogen-bond donors (Lipinski definition) is 3. The van der Waals surface area contributed by atoms with Crippen molar-refractivity contribution in [2.75, 3.05) is 0 Å². The van der Waals surface area contributed by atoms with Crippen LogP contribution >= 0.6 is 0 Å². The number of phenolic OH excluding ortho intramolecular Hbond substituents is 1. The van der Waals surface area contributed by atoms with Crippen LogP contribution in [0, 0.1) is 0 Å². The van der Waals surface area contributed by atoms with Crippen molar-refractivity contribution in [3.05, 3.63) is 60.3 Å². The van der Waals surface area contributed by atoms with Crippen molar-refractivity contribution in [1.82, 2.24) is 14.5 Å². The van der Waals surface area contributed by atoms with E-state index in [1.165, 1.54) is 12.8 Å². The number of hydrogen-bond acceptors (Lipinski definition) is 4. The van der Waals surface area contributed by atoms with E-state index in [0.717, 1.165) is 72.6 Å². The highest BCUT2D eigenvalue weighted by molar-refractivity contribution is 5.48. The van der Waals surface area contributed by atoms with E-state index in [0.29, 0.717) is 17.6 Å². The minimum absolute atomic E-state index is 0.0741. The number of rotatable bonds is 4. The van der Waals surface area contributed by atoms with Crippen LogP contribution in [0.2, 0.25) is 0 Å². The normalized spacial score (nSPS) is 18.8. The van der Waals surface area contributed by atoms with Gasteiger partial charge in [-0.25, -0.2) is 19.0 Å². The van der Waals surface area contributed by atoms with E-state index in [1.807, 2.05) is 12.1 Å².